The van der Waals surface area contributed by atoms with Gasteiger partial charge in [-0.3, -0.25) is 9.97 Å². The third-order valence-corrected chi connectivity index (χ3v) is 1.88. The van der Waals surface area contributed by atoms with E-state index in [1.165, 1.54) is 0 Å². The van der Waals surface area contributed by atoms with Crippen molar-refractivity contribution in [3.63, 3.8) is 0 Å². The Balaban J connectivity index is 2.25. The molecule has 0 aliphatic rings. The molecular formula is C10H11N5. The molecule has 0 radical (unpaired) electrons. The average Bonchev–Trinajstić information content (AvgIpc) is 2.24. The number of rotatable bonds is 2. The number of hydrogen-bond donors (Lipinski definition) is 1. The van der Waals surface area contributed by atoms with Gasteiger partial charge in [0.05, 0.1) is 23.8 Å². The summed E-state index contributed by atoms with van der Waals surface area (Å²) >= 11 is 0. The molecule has 0 fully saturated rings. The molecule has 1 N–H and O–H groups in total. The Morgan fingerprint density at radius 3 is 2.60 bits per heavy atom. The van der Waals surface area contributed by atoms with Crippen molar-refractivity contribution in [3.05, 3.63) is 36.2 Å². The van der Waals surface area contributed by atoms with Gasteiger partial charge in [-0.1, -0.05) is 0 Å². The van der Waals surface area contributed by atoms with Crippen LogP contribution in [0.3, 0.4) is 0 Å². The Bertz CT molecular complexity index is 455. The van der Waals surface area contributed by atoms with Crippen molar-refractivity contribution in [1.29, 1.82) is 0 Å². The van der Waals surface area contributed by atoms with E-state index in [4.69, 9.17) is 0 Å². The van der Waals surface area contributed by atoms with Crippen molar-refractivity contribution in [1.82, 2.24) is 19.9 Å². The van der Waals surface area contributed by atoms with E-state index in [0.717, 1.165) is 11.4 Å². The van der Waals surface area contributed by atoms with Gasteiger partial charge in [-0.25, -0.2) is 9.97 Å². The monoisotopic (exact) mass is 201 g/mol. The van der Waals surface area contributed by atoms with Crippen molar-refractivity contribution < 1.29 is 0 Å². The number of anilines is 2. The quantitative estimate of drug-likeness (QED) is 0.800. The highest BCUT2D eigenvalue weighted by atomic mass is 15.1. The van der Waals surface area contributed by atoms with E-state index in [1.807, 2.05) is 13.8 Å². The summed E-state index contributed by atoms with van der Waals surface area (Å²) in [5.41, 5.74) is 1.75. The zero-order valence-electron chi connectivity index (χ0n) is 8.60. The van der Waals surface area contributed by atoms with Gasteiger partial charge in [-0.2, -0.15) is 0 Å². The number of hydrogen-bond acceptors (Lipinski definition) is 5. The Hall–Kier alpha value is -2.04. The number of aryl methyl sites for hydroxylation is 2. The van der Waals surface area contributed by atoms with Crippen LogP contribution in [0, 0.1) is 13.8 Å². The zero-order valence-corrected chi connectivity index (χ0v) is 8.60. The summed E-state index contributed by atoms with van der Waals surface area (Å²) in [7, 11) is 0. The summed E-state index contributed by atoms with van der Waals surface area (Å²) in [4.78, 5) is 16.6. The third-order valence-electron chi connectivity index (χ3n) is 1.88. The highest BCUT2D eigenvalue weighted by Gasteiger charge is 2.02. The van der Waals surface area contributed by atoms with Crippen LogP contribution < -0.4 is 5.32 Å². The Morgan fingerprint density at radius 1 is 1.07 bits per heavy atom. The van der Waals surface area contributed by atoms with Gasteiger partial charge in [-0.15, -0.1) is 0 Å². The maximum atomic E-state index is 4.30. The standard InChI is InChI=1S/C10H11N5/c1-7-5-13-10(8(2)14-7)15-9-6-11-3-4-12-9/h3-6H,1-2H3,(H,12,13,15). The van der Waals surface area contributed by atoms with Gasteiger partial charge in [0.15, 0.2) is 5.82 Å². The average molecular weight is 201 g/mol. The summed E-state index contributed by atoms with van der Waals surface area (Å²) in [5.74, 6) is 1.37. The van der Waals surface area contributed by atoms with Gasteiger partial charge in [0, 0.05) is 12.4 Å². The molecule has 2 aromatic rings. The second-order valence-corrected chi connectivity index (χ2v) is 3.16. The Morgan fingerprint density at radius 2 is 1.93 bits per heavy atom. The fraction of sp³-hybridized carbons (Fsp3) is 0.200. The molecule has 0 saturated carbocycles. The number of aromatic nitrogens is 4. The van der Waals surface area contributed by atoms with Crippen LogP contribution in [0.5, 0.6) is 0 Å². The second kappa shape index (κ2) is 4.00. The molecule has 0 spiro atoms. The van der Waals surface area contributed by atoms with E-state index in [0.29, 0.717) is 11.6 Å². The first kappa shape index (κ1) is 9.51. The fourth-order valence-electron chi connectivity index (χ4n) is 1.21. The SMILES string of the molecule is Cc1cnc(Nc2cnccn2)c(C)n1. The second-order valence-electron chi connectivity index (χ2n) is 3.16. The Kier molecular flexibility index (Phi) is 2.53. The zero-order chi connectivity index (χ0) is 10.7. The van der Waals surface area contributed by atoms with Crippen LogP contribution in [0.15, 0.2) is 24.8 Å². The van der Waals surface area contributed by atoms with E-state index in [9.17, 15) is 0 Å². The first-order valence-corrected chi connectivity index (χ1v) is 4.59. The summed E-state index contributed by atoms with van der Waals surface area (Å²) in [6.07, 6.45) is 6.60. The molecule has 0 aliphatic heterocycles. The maximum Gasteiger partial charge on any atom is 0.153 e. The predicted octanol–water partition coefficient (Wildman–Crippen LogP) is 1.63. The Labute approximate surface area is 87.6 Å². The van der Waals surface area contributed by atoms with Crippen molar-refractivity contribution in [2.45, 2.75) is 13.8 Å². The molecule has 5 nitrogen and oxygen atoms in total. The summed E-state index contributed by atoms with van der Waals surface area (Å²) in [5, 5.41) is 3.05. The van der Waals surface area contributed by atoms with Crippen molar-refractivity contribution in [2.75, 3.05) is 5.32 Å². The fourth-order valence-corrected chi connectivity index (χ4v) is 1.21. The summed E-state index contributed by atoms with van der Waals surface area (Å²) < 4.78 is 0. The molecule has 0 bridgehead atoms. The smallest absolute Gasteiger partial charge is 0.153 e. The van der Waals surface area contributed by atoms with Crippen LogP contribution in [0.1, 0.15) is 11.4 Å². The molecular weight excluding hydrogens is 190 g/mol. The van der Waals surface area contributed by atoms with Gasteiger partial charge < -0.3 is 5.32 Å². The molecule has 0 unspecified atom stereocenters. The van der Waals surface area contributed by atoms with E-state index in [-0.39, 0.29) is 0 Å². The van der Waals surface area contributed by atoms with E-state index >= 15 is 0 Å². The molecule has 15 heavy (non-hydrogen) atoms. The first-order chi connectivity index (χ1) is 7.25. The molecule has 0 aromatic carbocycles. The lowest BCUT2D eigenvalue weighted by Gasteiger charge is -2.06. The molecule has 2 aromatic heterocycles. The van der Waals surface area contributed by atoms with E-state index in [1.54, 1.807) is 24.8 Å². The molecule has 0 saturated heterocycles. The minimum absolute atomic E-state index is 0.666. The molecule has 0 atom stereocenters. The maximum absolute atomic E-state index is 4.30. The molecule has 76 valence electrons. The van der Waals surface area contributed by atoms with Crippen LogP contribution in [-0.2, 0) is 0 Å². The number of nitrogens with one attached hydrogen (secondary N) is 1. The molecule has 5 heteroatoms. The summed E-state index contributed by atoms with van der Waals surface area (Å²) in [6.45, 7) is 3.81. The highest BCUT2D eigenvalue weighted by Crippen LogP contribution is 2.13. The first-order valence-electron chi connectivity index (χ1n) is 4.59. The van der Waals surface area contributed by atoms with Gasteiger partial charge in [0.2, 0.25) is 0 Å². The van der Waals surface area contributed by atoms with Crippen molar-refractivity contribution in [2.24, 2.45) is 0 Å². The van der Waals surface area contributed by atoms with Crippen LogP contribution in [0.25, 0.3) is 0 Å². The molecule has 0 amide bonds. The van der Waals surface area contributed by atoms with Crippen LogP contribution in [-0.4, -0.2) is 19.9 Å². The molecule has 0 aliphatic carbocycles. The van der Waals surface area contributed by atoms with Gasteiger partial charge >= 0.3 is 0 Å². The van der Waals surface area contributed by atoms with Crippen molar-refractivity contribution in [3.8, 4) is 0 Å². The lowest BCUT2D eigenvalue weighted by Crippen LogP contribution is -2.01. The van der Waals surface area contributed by atoms with E-state index < -0.39 is 0 Å². The van der Waals surface area contributed by atoms with E-state index in [2.05, 4.69) is 25.3 Å². The lowest BCUT2D eigenvalue weighted by molar-refractivity contribution is 1.05. The van der Waals surface area contributed by atoms with Crippen LogP contribution in [0.2, 0.25) is 0 Å². The van der Waals surface area contributed by atoms with Gasteiger partial charge in [0.25, 0.3) is 0 Å². The van der Waals surface area contributed by atoms with Gasteiger partial charge in [0.1, 0.15) is 5.82 Å². The largest absolute Gasteiger partial charge is 0.322 e. The third kappa shape index (κ3) is 2.25. The lowest BCUT2D eigenvalue weighted by atomic mass is 10.4. The minimum Gasteiger partial charge on any atom is -0.322 e. The van der Waals surface area contributed by atoms with Crippen LogP contribution >= 0.6 is 0 Å². The van der Waals surface area contributed by atoms with Crippen molar-refractivity contribution >= 4 is 11.6 Å². The van der Waals surface area contributed by atoms with Gasteiger partial charge in [-0.05, 0) is 13.8 Å². The predicted molar refractivity (Wildman–Crippen MR) is 56.8 cm³/mol. The van der Waals surface area contributed by atoms with Crippen LogP contribution in [0.4, 0.5) is 11.6 Å². The highest BCUT2D eigenvalue weighted by molar-refractivity contribution is 5.52. The minimum atomic E-state index is 0.666. The summed E-state index contributed by atoms with van der Waals surface area (Å²) in [6, 6.07) is 0. The molecule has 2 rings (SSSR count). The number of nitrogens with zero attached hydrogens (tertiary/aromatic N) is 4. The normalized spacial score (nSPS) is 10.0. The topological polar surface area (TPSA) is 63.6 Å². The molecule has 2 heterocycles.